The molecule has 3 heterocycles. The third-order valence-electron chi connectivity index (χ3n) is 4.37. The average Bonchev–Trinajstić information content (AvgIpc) is 2.81. The van der Waals surface area contributed by atoms with Gasteiger partial charge in [-0.25, -0.2) is 4.68 Å². The van der Waals surface area contributed by atoms with E-state index in [1.165, 1.54) is 0 Å². The lowest BCUT2D eigenvalue weighted by atomic mass is 9.84. The first-order valence-corrected chi connectivity index (χ1v) is 7.15. The van der Waals surface area contributed by atoms with E-state index in [4.69, 9.17) is 15.2 Å². The molecule has 106 valence electrons. The lowest BCUT2D eigenvalue weighted by molar-refractivity contribution is -0.145. The highest BCUT2D eigenvalue weighted by Crippen LogP contribution is 2.39. The first-order valence-electron chi connectivity index (χ1n) is 7.15. The van der Waals surface area contributed by atoms with E-state index in [0.717, 1.165) is 57.6 Å². The number of anilines is 1. The van der Waals surface area contributed by atoms with Crippen molar-refractivity contribution >= 4 is 5.82 Å². The predicted octanol–water partition coefficient (Wildman–Crippen LogP) is 1.32. The normalized spacial score (nSPS) is 26.7. The Morgan fingerprint density at radius 2 is 2.16 bits per heavy atom. The van der Waals surface area contributed by atoms with Gasteiger partial charge in [0.05, 0.1) is 17.3 Å². The van der Waals surface area contributed by atoms with Gasteiger partial charge in [-0.2, -0.15) is 0 Å². The molecule has 1 spiro atoms. The third kappa shape index (κ3) is 2.34. The number of ether oxygens (including phenoxy) is 2. The lowest BCUT2D eigenvalue weighted by Crippen LogP contribution is -2.45. The van der Waals surface area contributed by atoms with Gasteiger partial charge in [-0.05, 0) is 32.1 Å². The molecule has 0 aliphatic carbocycles. The van der Waals surface area contributed by atoms with Crippen molar-refractivity contribution < 1.29 is 9.47 Å². The summed E-state index contributed by atoms with van der Waals surface area (Å²) in [5.74, 6) is 0.565. The Labute approximate surface area is 113 Å². The molecule has 2 aliphatic rings. The van der Waals surface area contributed by atoms with Crippen molar-refractivity contribution in [2.45, 2.75) is 50.7 Å². The number of nitrogen functional groups attached to an aromatic ring is 1. The summed E-state index contributed by atoms with van der Waals surface area (Å²) in [5, 5.41) is 8.26. The van der Waals surface area contributed by atoms with Gasteiger partial charge in [-0.1, -0.05) is 12.1 Å². The van der Waals surface area contributed by atoms with Crippen molar-refractivity contribution in [2.24, 2.45) is 0 Å². The molecule has 0 bridgehead atoms. The summed E-state index contributed by atoms with van der Waals surface area (Å²) >= 11 is 0. The van der Waals surface area contributed by atoms with Crippen molar-refractivity contribution in [2.75, 3.05) is 25.6 Å². The molecule has 0 aromatic carbocycles. The quantitative estimate of drug-likeness (QED) is 0.874. The molecule has 2 fully saturated rings. The molecule has 2 aliphatic heterocycles. The molecule has 3 rings (SSSR count). The van der Waals surface area contributed by atoms with Gasteiger partial charge in [-0.3, -0.25) is 0 Å². The van der Waals surface area contributed by atoms with E-state index >= 15 is 0 Å². The highest BCUT2D eigenvalue weighted by atomic mass is 16.5. The lowest BCUT2D eigenvalue weighted by Gasteiger charge is -2.43. The van der Waals surface area contributed by atoms with Gasteiger partial charge in [0.25, 0.3) is 0 Å². The smallest absolute Gasteiger partial charge is 0.169 e. The van der Waals surface area contributed by atoms with Gasteiger partial charge in [0.2, 0.25) is 0 Å². The summed E-state index contributed by atoms with van der Waals surface area (Å²) in [5.41, 5.74) is 6.91. The van der Waals surface area contributed by atoms with Crippen LogP contribution in [0.3, 0.4) is 0 Å². The van der Waals surface area contributed by atoms with Crippen molar-refractivity contribution in [1.82, 2.24) is 15.0 Å². The number of aromatic nitrogens is 3. The molecule has 6 heteroatoms. The maximum atomic E-state index is 6.07. The predicted molar refractivity (Wildman–Crippen MR) is 70.8 cm³/mol. The summed E-state index contributed by atoms with van der Waals surface area (Å²) in [7, 11) is 0. The van der Waals surface area contributed by atoms with Crippen LogP contribution in [0, 0.1) is 0 Å². The van der Waals surface area contributed by atoms with Crippen molar-refractivity contribution in [3.63, 3.8) is 0 Å². The zero-order valence-electron chi connectivity index (χ0n) is 11.5. The highest BCUT2D eigenvalue weighted by Gasteiger charge is 2.40. The Bertz CT molecular complexity index is 434. The Morgan fingerprint density at radius 1 is 1.37 bits per heavy atom. The minimum absolute atomic E-state index is 0.0209. The zero-order chi connectivity index (χ0) is 13.3. The Balaban J connectivity index is 1.81. The van der Waals surface area contributed by atoms with E-state index in [1.54, 1.807) is 0 Å². The molecule has 1 aromatic heterocycles. The second-order valence-corrected chi connectivity index (χ2v) is 5.51. The van der Waals surface area contributed by atoms with Gasteiger partial charge in [0.1, 0.15) is 0 Å². The van der Waals surface area contributed by atoms with E-state index in [9.17, 15) is 0 Å². The van der Waals surface area contributed by atoms with Gasteiger partial charge in [0, 0.05) is 19.8 Å². The van der Waals surface area contributed by atoms with Gasteiger partial charge >= 0.3 is 0 Å². The van der Waals surface area contributed by atoms with Gasteiger partial charge in [0.15, 0.2) is 5.82 Å². The third-order valence-corrected chi connectivity index (χ3v) is 4.37. The molecule has 6 nitrogen and oxygen atoms in total. The molecule has 2 saturated heterocycles. The summed E-state index contributed by atoms with van der Waals surface area (Å²) in [6, 6.07) is 0.353. The van der Waals surface area contributed by atoms with Crippen LogP contribution < -0.4 is 5.73 Å². The summed E-state index contributed by atoms with van der Waals surface area (Å²) < 4.78 is 13.5. The number of rotatable bonds is 2. The van der Waals surface area contributed by atoms with E-state index in [1.807, 2.05) is 4.68 Å². The molecule has 1 atom stereocenters. The topological polar surface area (TPSA) is 75.2 Å². The van der Waals surface area contributed by atoms with Crippen molar-refractivity contribution in [3.8, 4) is 0 Å². The average molecular weight is 266 g/mol. The molecular formula is C13H22N4O2. The molecular weight excluding hydrogens is 244 g/mol. The van der Waals surface area contributed by atoms with Gasteiger partial charge < -0.3 is 15.2 Å². The van der Waals surface area contributed by atoms with Gasteiger partial charge in [-0.15, -0.1) is 5.10 Å². The minimum Gasteiger partial charge on any atom is -0.381 e. The molecule has 2 N–H and O–H groups in total. The number of nitrogens with two attached hydrogens (primary N) is 1. The first-order chi connectivity index (χ1) is 9.24. The van der Waals surface area contributed by atoms with Crippen molar-refractivity contribution in [1.29, 1.82) is 0 Å². The fourth-order valence-corrected chi connectivity index (χ4v) is 3.26. The van der Waals surface area contributed by atoms with Crippen LogP contribution in [0.5, 0.6) is 0 Å². The minimum atomic E-state index is -0.0209. The molecule has 19 heavy (non-hydrogen) atoms. The standard InChI is InChI=1S/C13H22N4O2/c1-2-11-12(14)15-16-17(11)10-3-6-19-13(9-10)4-7-18-8-5-13/h10H,2-9,14H2,1H3. The fraction of sp³-hybridized carbons (Fsp3) is 0.846. The molecule has 1 aromatic rings. The highest BCUT2D eigenvalue weighted by molar-refractivity contribution is 5.33. The van der Waals surface area contributed by atoms with E-state index in [0.29, 0.717) is 11.9 Å². The van der Waals surface area contributed by atoms with E-state index < -0.39 is 0 Å². The number of hydrogen-bond donors (Lipinski definition) is 1. The number of nitrogens with zero attached hydrogens (tertiary/aromatic N) is 3. The maximum absolute atomic E-state index is 6.07. The Kier molecular flexibility index (Phi) is 3.45. The SMILES string of the molecule is CCc1c(N)nnn1C1CCOC2(CCOCC2)C1. The summed E-state index contributed by atoms with van der Waals surface area (Å²) in [6.45, 7) is 4.47. The van der Waals surface area contributed by atoms with Crippen LogP contribution in [0.4, 0.5) is 5.82 Å². The summed E-state index contributed by atoms with van der Waals surface area (Å²) in [6.07, 6.45) is 4.81. The van der Waals surface area contributed by atoms with E-state index in [-0.39, 0.29) is 5.60 Å². The largest absolute Gasteiger partial charge is 0.381 e. The summed E-state index contributed by atoms with van der Waals surface area (Å²) in [4.78, 5) is 0. The van der Waals surface area contributed by atoms with Crippen LogP contribution in [0.25, 0.3) is 0 Å². The number of hydrogen-bond acceptors (Lipinski definition) is 5. The molecule has 0 radical (unpaired) electrons. The Morgan fingerprint density at radius 3 is 2.89 bits per heavy atom. The first kappa shape index (κ1) is 12.9. The maximum Gasteiger partial charge on any atom is 0.169 e. The second kappa shape index (κ2) is 5.09. The van der Waals surface area contributed by atoms with Crippen LogP contribution in [0.1, 0.15) is 44.3 Å². The van der Waals surface area contributed by atoms with E-state index in [2.05, 4.69) is 17.2 Å². The van der Waals surface area contributed by atoms with Crippen LogP contribution in [-0.4, -0.2) is 40.4 Å². The second-order valence-electron chi connectivity index (χ2n) is 5.51. The monoisotopic (exact) mass is 266 g/mol. The van der Waals surface area contributed by atoms with Crippen LogP contribution in [0.15, 0.2) is 0 Å². The van der Waals surface area contributed by atoms with Crippen molar-refractivity contribution in [3.05, 3.63) is 5.69 Å². The zero-order valence-corrected chi connectivity index (χ0v) is 11.5. The van der Waals surface area contributed by atoms with Crippen LogP contribution >= 0.6 is 0 Å². The molecule has 0 saturated carbocycles. The molecule has 1 unspecified atom stereocenters. The fourth-order valence-electron chi connectivity index (χ4n) is 3.26. The Hall–Kier alpha value is -1.14. The van der Waals surface area contributed by atoms with Crippen LogP contribution in [-0.2, 0) is 15.9 Å². The molecule has 0 amide bonds. The van der Waals surface area contributed by atoms with Crippen LogP contribution in [0.2, 0.25) is 0 Å².